The molecule has 0 saturated heterocycles. The minimum Gasteiger partial charge on any atom is -0.329 e. The Labute approximate surface area is 126 Å². The summed E-state index contributed by atoms with van der Waals surface area (Å²) in [7, 11) is 0. The molecule has 0 fully saturated rings. The molecule has 0 spiro atoms. The highest BCUT2D eigenvalue weighted by Gasteiger charge is 2.15. The molecule has 0 radical (unpaired) electrons. The summed E-state index contributed by atoms with van der Waals surface area (Å²) < 4.78 is 0. The van der Waals surface area contributed by atoms with Crippen LogP contribution in [0.25, 0.3) is 0 Å². The summed E-state index contributed by atoms with van der Waals surface area (Å²) in [6, 6.07) is 18.9. The predicted octanol–water partition coefficient (Wildman–Crippen LogP) is 3.86. The van der Waals surface area contributed by atoms with Gasteiger partial charge in [0.1, 0.15) is 0 Å². The van der Waals surface area contributed by atoms with E-state index in [9.17, 15) is 0 Å². The van der Waals surface area contributed by atoms with Gasteiger partial charge in [-0.25, -0.2) is 0 Å². The quantitative estimate of drug-likeness (QED) is 0.874. The Morgan fingerprint density at radius 3 is 2.30 bits per heavy atom. The molecule has 0 aliphatic rings. The zero-order valence-electron chi connectivity index (χ0n) is 11.8. The highest BCUT2D eigenvalue weighted by Crippen LogP contribution is 2.23. The fourth-order valence-corrected chi connectivity index (χ4v) is 2.47. The lowest BCUT2D eigenvalue weighted by molar-refractivity contribution is 0.207. The van der Waals surface area contributed by atoms with Gasteiger partial charge in [-0.15, -0.1) is 0 Å². The van der Waals surface area contributed by atoms with Crippen molar-refractivity contribution < 1.29 is 0 Å². The van der Waals surface area contributed by atoms with E-state index in [1.54, 1.807) is 0 Å². The number of halogens is 1. The molecule has 2 aromatic carbocycles. The number of nitrogens with two attached hydrogens (primary N) is 1. The van der Waals surface area contributed by atoms with Crippen molar-refractivity contribution in [1.82, 2.24) is 4.90 Å². The van der Waals surface area contributed by atoms with Gasteiger partial charge in [0, 0.05) is 30.7 Å². The van der Waals surface area contributed by atoms with Crippen molar-refractivity contribution in [1.29, 1.82) is 0 Å². The number of benzene rings is 2. The topological polar surface area (TPSA) is 29.3 Å². The maximum atomic E-state index is 5.95. The van der Waals surface area contributed by atoms with Crippen LogP contribution < -0.4 is 5.73 Å². The molecule has 106 valence electrons. The van der Waals surface area contributed by atoms with Crippen molar-refractivity contribution >= 4 is 11.6 Å². The zero-order chi connectivity index (χ0) is 14.4. The van der Waals surface area contributed by atoms with Gasteiger partial charge in [0.2, 0.25) is 0 Å². The smallest absolute Gasteiger partial charge is 0.0406 e. The fraction of sp³-hybridized carbons (Fsp3) is 0.294. The summed E-state index contributed by atoms with van der Waals surface area (Å²) in [5.41, 5.74) is 8.33. The first kappa shape index (κ1) is 15.0. The van der Waals surface area contributed by atoms with Crippen molar-refractivity contribution in [3.05, 3.63) is 70.7 Å². The van der Waals surface area contributed by atoms with Crippen molar-refractivity contribution in [2.45, 2.75) is 19.5 Å². The Morgan fingerprint density at radius 2 is 1.70 bits per heavy atom. The molecule has 0 aliphatic heterocycles. The molecule has 0 amide bonds. The predicted molar refractivity (Wildman–Crippen MR) is 85.8 cm³/mol. The normalized spacial score (nSPS) is 12.6. The monoisotopic (exact) mass is 288 g/mol. The van der Waals surface area contributed by atoms with Crippen LogP contribution in [0.4, 0.5) is 0 Å². The van der Waals surface area contributed by atoms with Crippen molar-refractivity contribution in [2.24, 2.45) is 5.73 Å². The van der Waals surface area contributed by atoms with Gasteiger partial charge >= 0.3 is 0 Å². The van der Waals surface area contributed by atoms with Crippen molar-refractivity contribution in [3.8, 4) is 0 Å². The van der Waals surface area contributed by atoms with E-state index in [-0.39, 0.29) is 0 Å². The molecule has 1 unspecified atom stereocenters. The number of hydrogen-bond acceptors (Lipinski definition) is 2. The molecule has 3 heteroatoms. The summed E-state index contributed by atoms with van der Waals surface area (Å²) in [6.07, 6.45) is 0. The van der Waals surface area contributed by atoms with Crippen molar-refractivity contribution in [3.63, 3.8) is 0 Å². The molecule has 2 rings (SSSR count). The molecule has 2 aromatic rings. The second kappa shape index (κ2) is 7.44. The third-order valence-corrected chi connectivity index (χ3v) is 3.80. The first-order valence-electron chi connectivity index (χ1n) is 6.94. The van der Waals surface area contributed by atoms with E-state index in [1.807, 2.05) is 18.2 Å². The lowest BCUT2D eigenvalue weighted by atomic mass is 10.1. The Balaban J connectivity index is 2.13. The van der Waals surface area contributed by atoms with Crippen LogP contribution in [-0.2, 0) is 6.54 Å². The minimum atomic E-state index is 0.316. The second-order valence-electron chi connectivity index (χ2n) is 4.97. The lowest BCUT2D eigenvalue weighted by Crippen LogP contribution is -2.31. The summed E-state index contributed by atoms with van der Waals surface area (Å²) in [6.45, 7) is 4.65. The van der Waals surface area contributed by atoms with Crippen LogP contribution in [0.5, 0.6) is 0 Å². The van der Waals surface area contributed by atoms with Gasteiger partial charge < -0.3 is 5.73 Å². The van der Waals surface area contributed by atoms with Crippen LogP contribution >= 0.6 is 11.6 Å². The van der Waals surface area contributed by atoms with Crippen LogP contribution in [-0.4, -0.2) is 18.0 Å². The Hall–Kier alpha value is -1.35. The van der Waals surface area contributed by atoms with Gasteiger partial charge in [0.25, 0.3) is 0 Å². The molecule has 2 N–H and O–H groups in total. The van der Waals surface area contributed by atoms with E-state index in [0.29, 0.717) is 12.6 Å². The summed E-state index contributed by atoms with van der Waals surface area (Å²) >= 11 is 5.95. The van der Waals surface area contributed by atoms with Gasteiger partial charge in [0.05, 0.1) is 0 Å². The van der Waals surface area contributed by atoms with Gasteiger partial charge in [0.15, 0.2) is 0 Å². The average molecular weight is 289 g/mol. The summed E-state index contributed by atoms with van der Waals surface area (Å²) in [5.74, 6) is 0. The Bertz CT molecular complexity index is 510. The van der Waals surface area contributed by atoms with Crippen LogP contribution in [0.1, 0.15) is 24.1 Å². The van der Waals surface area contributed by atoms with Crippen LogP contribution in [0.15, 0.2) is 54.6 Å². The van der Waals surface area contributed by atoms with Crippen LogP contribution in [0.3, 0.4) is 0 Å². The molecule has 0 aromatic heterocycles. The van der Waals surface area contributed by atoms with E-state index in [2.05, 4.69) is 48.2 Å². The van der Waals surface area contributed by atoms with Gasteiger partial charge in [-0.05, 0) is 30.2 Å². The van der Waals surface area contributed by atoms with Gasteiger partial charge in [-0.2, -0.15) is 0 Å². The van der Waals surface area contributed by atoms with E-state index in [0.717, 1.165) is 18.1 Å². The minimum absolute atomic E-state index is 0.316. The highest BCUT2D eigenvalue weighted by molar-refractivity contribution is 6.30. The first-order valence-corrected chi connectivity index (χ1v) is 7.32. The van der Waals surface area contributed by atoms with E-state index in [4.69, 9.17) is 17.3 Å². The van der Waals surface area contributed by atoms with Gasteiger partial charge in [-0.1, -0.05) is 54.1 Å². The first-order chi connectivity index (χ1) is 9.70. The van der Waals surface area contributed by atoms with E-state index in [1.165, 1.54) is 11.1 Å². The molecule has 0 bridgehead atoms. The number of nitrogens with zero attached hydrogens (tertiary/aromatic N) is 1. The molecule has 0 saturated carbocycles. The zero-order valence-corrected chi connectivity index (χ0v) is 12.6. The van der Waals surface area contributed by atoms with E-state index < -0.39 is 0 Å². The Kier molecular flexibility index (Phi) is 5.60. The molecular formula is C17H21ClN2. The third-order valence-electron chi connectivity index (χ3n) is 3.54. The summed E-state index contributed by atoms with van der Waals surface area (Å²) in [4.78, 5) is 2.39. The van der Waals surface area contributed by atoms with Gasteiger partial charge in [-0.3, -0.25) is 4.90 Å². The Morgan fingerprint density at radius 1 is 1.05 bits per heavy atom. The molecule has 0 heterocycles. The van der Waals surface area contributed by atoms with Crippen LogP contribution in [0.2, 0.25) is 5.02 Å². The standard InChI is InChI=1S/C17H21ClN2/c1-14(16-7-9-17(18)10-8-16)20(12-11-19)13-15-5-3-2-4-6-15/h2-10,14H,11-13,19H2,1H3. The molecular weight excluding hydrogens is 268 g/mol. The largest absolute Gasteiger partial charge is 0.329 e. The lowest BCUT2D eigenvalue weighted by Gasteiger charge is -2.29. The molecule has 20 heavy (non-hydrogen) atoms. The molecule has 2 nitrogen and oxygen atoms in total. The molecule has 0 aliphatic carbocycles. The van der Waals surface area contributed by atoms with Crippen molar-refractivity contribution in [2.75, 3.05) is 13.1 Å². The number of rotatable bonds is 6. The van der Waals surface area contributed by atoms with E-state index >= 15 is 0 Å². The molecule has 1 atom stereocenters. The maximum Gasteiger partial charge on any atom is 0.0406 e. The highest BCUT2D eigenvalue weighted by atomic mass is 35.5. The second-order valence-corrected chi connectivity index (χ2v) is 5.41. The SMILES string of the molecule is CC(c1ccc(Cl)cc1)N(CCN)Cc1ccccc1. The maximum absolute atomic E-state index is 5.95. The average Bonchev–Trinajstić information content (AvgIpc) is 2.48. The third kappa shape index (κ3) is 4.07. The summed E-state index contributed by atoms with van der Waals surface area (Å²) in [5, 5.41) is 0.773. The van der Waals surface area contributed by atoms with Crippen LogP contribution in [0, 0.1) is 0 Å². The number of hydrogen-bond donors (Lipinski definition) is 1. The fourth-order valence-electron chi connectivity index (χ4n) is 2.35.